The minimum absolute atomic E-state index is 0.252. The first kappa shape index (κ1) is 8.26. The number of carbonyl (C=O) groups is 1. The maximum absolute atomic E-state index is 11.0. The quantitative estimate of drug-likeness (QED) is 0.512. The zero-order chi connectivity index (χ0) is 8.55. The van der Waals surface area contributed by atoms with Gasteiger partial charge in [-0.25, -0.2) is 0 Å². The standard InChI is InChI=1S/C8H9NOS2/c1-2-3-11-8-5-9-6(10)4-7(9)12-8/h2,5,7H,1,3-4H2/t7-/m1/s1. The van der Waals surface area contributed by atoms with Gasteiger partial charge >= 0.3 is 0 Å². The van der Waals surface area contributed by atoms with Gasteiger partial charge in [0.15, 0.2) is 0 Å². The summed E-state index contributed by atoms with van der Waals surface area (Å²) in [6.45, 7) is 3.65. The molecule has 0 unspecified atom stereocenters. The minimum atomic E-state index is 0.252. The van der Waals surface area contributed by atoms with Crippen LogP contribution in [0.2, 0.25) is 0 Å². The summed E-state index contributed by atoms with van der Waals surface area (Å²) in [5, 5.41) is 0.407. The molecule has 64 valence electrons. The molecule has 0 aromatic rings. The summed E-state index contributed by atoms with van der Waals surface area (Å²) >= 11 is 3.53. The predicted octanol–water partition coefficient (Wildman–Crippen LogP) is 2.01. The Hall–Kier alpha value is -0.350. The van der Waals surface area contributed by atoms with Crippen molar-refractivity contribution in [2.75, 3.05) is 5.75 Å². The van der Waals surface area contributed by atoms with Gasteiger partial charge in [-0.3, -0.25) is 4.79 Å². The van der Waals surface area contributed by atoms with E-state index in [1.165, 1.54) is 4.24 Å². The van der Waals surface area contributed by atoms with Crippen molar-refractivity contribution in [1.29, 1.82) is 0 Å². The van der Waals surface area contributed by atoms with Gasteiger partial charge in [-0.1, -0.05) is 17.8 Å². The fourth-order valence-electron chi connectivity index (χ4n) is 1.15. The molecule has 2 aliphatic rings. The van der Waals surface area contributed by atoms with Crippen molar-refractivity contribution in [3.05, 3.63) is 23.1 Å². The van der Waals surface area contributed by atoms with E-state index in [-0.39, 0.29) is 5.91 Å². The Balaban J connectivity index is 1.93. The Morgan fingerprint density at radius 2 is 2.75 bits per heavy atom. The van der Waals surface area contributed by atoms with Gasteiger partial charge in [-0.2, -0.15) is 0 Å². The van der Waals surface area contributed by atoms with Gasteiger partial charge in [0, 0.05) is 12.0 Å². The van der Waals surface area contributed by atoms with Gasteiger partial charge in [-0.05, 0) is 0 Å². The predicted molar refractivity (Wildman–Crippen MR) is 53.6 cm³/mol. The molecule has 12 heavy (non-hydrogen) atoms. The molecule has 0 aromatic heterocycles. The van der Waals surface area contributed by atoms with E-state index in [9.17, 15) is 4.79 Å². The van der Waals surface area contributed by atoms with Crippen LogP contribution >= 0.6 is 23.5 Å². The molecule has 2 aliphatic heterocycles. The van der Waals surface area contributed by atoms with E-state index in [4.69, 9.17) is 0 Å². The maximum Gasteiger partial charge on any atom is 0.230 e. The van der Waals surface area contributed by atoms with Crippen molar-refractivity contribution in [3.8, 4) is 0 Å². The highest BCUT2D eigenvalue weighted by molar-refractivity contribution is 8.22. The lowest BCUT2D eigenvalue weighted by molar-refractivity contribution is -0.137. The molecule has 1 atom stereocenters. The van der Waals surface area contributed by atoms with E-state index in [1.54, 1.807) is 23.5 Å². The van der Waals surface area contributed by atoms with E-state index in [1.807, 2.05) is 17.2 Å². The SMILES string of the molecule is C=CCSC1=CN2C(=O)C[C@H]2S1. The molecule has 2 nitrogen and oxygen atoms in total. The number of rotatable bonds is 3. The number of β-lactam (4-membered cyclic amide) rings is 1. The Labute approximate surface area is 80.1 Å². The van der Waals surface area contributed by atoms with Crippen LogP contribution in [0.1, 0.15) is 6.42 Å². The molecule has 2 rings (SSSR count). The summed E-state index contributed by atoms with van der Waals surface area (Å²) in [6, 6.07) is 0. The van der Waals surface area contributed by atoms with Crippen LogP contribution in [-0.2, 0) is 4.79 Å². The third-order valence-electron chi connectivity index (χ3n) is 1.79. The summed E-state index contributed by atoms with van der Waals surface area (Å²) < 4.78 is 1.24. The molecule has 0 saturated carbocycles. The second kappa shape index (κ2) is 3.18. The molecule has 1 fully saturated rings. The van der Waals surface area contributed by atoms with Gasteiger partial charge in [-0.15, -0.1) is 18.3 Å². The molecule has 0 bridgehead atoms. The largest absolute Gasteiger partial charge is 0.304 e. The Bertz CT molecular complexity index is 262. The summed E-state index contributed by atoms with van der Waals surface area (Å²) in [7, 11) is 0. The second-order valence-corrected chi connectivity index (χ2v) is 5.17. The lowest BCUT2D eigenvalue weighted by atomic mass is 10.2. The van der Waals surface area contributed by atoms with Crippen LogP contribution in [0.3, 0.4) is 0 Å². The molecule has 0 radical (unpaired) electrons. The Morgan fingerprint density at radius 1 is 1.92 bits per heavy atom. The summed E-state index contributed by atoms with van der Waals surface area (Å²) in [5.74, 6) is 1.18. The van der Waals surface area contributed by atoms with E-state index in [0.29, 0.717) is 11.8 Å². The summed E-state index contributed by atoms with van der Waals surface area (Å²) in [5.41, 5.74) is 0. The zero-order valence-electron chi connectivity index (χ0n) is 6.53. The summed E-state index contributed by atoms with van der Waals surface area (Å²) in [4.78, 5) is 12.8. The number of thioether (sulfide) groups is 2. The van der Waals surface area contributed by atoms with Crippen LogP contribution in [0.15, 0.2) is 23.1 Å². The van der Waals surface area contributed by atoms with E-state index in [0.717, 1.165) is 5.75 Å². The van der Waals surface area contributed by atoms with Gasteiger partial charge in [0.05, 0.1) is 16.0 Å². The first-order valence-corrected chi connectivity index (χ1v) is 5.61. The number of hydrogen-bond donors (Lipinski definition) is 0. The fraction of sp³-hybridized carbons (Fsp3) is 0.375. The lowest BCUT2D eigenvalue weighted by Crippen LogP contribution is -2.44. The lowest BCUT2D eigenvalue weighted by Gasteiger charge is -2.31. The molecule has 0 N–H and O–H groups in total. The highest BCUT2D eigenvalue weighted by atomic mass is 32.2. The van der Waals surface area contributed by atoms with Crippen LogP contribution in [0, 0.1) is 0 Å². The highest BCUT2D eigenvalue weighted by Gasteiger charge is 2.40. The van der Waals surface area contributed by atoms with Crippen LogP contribution in [0.4, 0.5) is 0 Å². The third kappa shape index (κ3) is 1.29. The Morgan fingerprint density at radius 3 is 3.33 bits per heavy atom. The van der Waals surface area contributed by atoms with Gasteiger partial charge in [0.25, 0.3) is 0 Å². The molecular formula is C8H9NOS2. The van der Waals surface area contributed by atoms with Crippen molar-refractivity contribution in [3.63, 3.8) is 0 Å². The third-order valence-corrected chi connectivity index (χ3v) is 4.23. The number of carbonyl (C=O) groups excluding carboxylic acids is 1. The van der Waals surface area contributed by atoms with Crippen molar-refractivity contribution >= 4 is 29.4 Å². The van der Waals surface area contributed by atoms with E-state index in [2.05, 4.69) is 6.58 Å². The van der Waals surface area contributed by atoms with Crippen molar-refractivity contribution in [1.82, 2.24) is 4.90 Å². The van der Waals surface area contributed by atoms with Crippen LogP contribution < -0.4 is 0 Å². The van der Waals surface area contributed by atoms with Gasteiger partial charge in [0.1, 0.15) is 0 Å². The Kier molecular flexibility index (Phi) is 2.19. The molecule has 2 heterocycles. The van der Waals surface area contributed by atoms with Crippen molar-refractivity contribution in [2.45, 2.75) is 11.8 Å². The van der Waals surface area contributed by atoms with Crippen LogP contribution in [0.25, 0.3) is 0 Å². The average molecular weight is 199 g/mol. The number of amides is 1. The molecule has 0 aliphatic carbocycles. The molecule has 4 heteroatoms. The maximum atomic E-state index is 11.0. The zero-order valence-corrected chi connectivity index (χ0v) is 8.16. The smallest absolute Gasteiger partial charge is 0.230 e. The molecule has 0 aromatic carbocycles. The first-order valence-electron chi connectivity index (χ1n) is 3.74. The molecule has 1 saturated heterocycles. The molecule has 0 spiro atoms. The first-order chi connectivity index (χ1) is 5.81. The number of hydrogen-bond acceptors (Lipinski definition) is 3. The topological polar surface area (TPSA) is 20.3 Å². The van der Waals surface area contributed by atoms with Gasteiger partial charge in [0.2, 0.25) is 5.91 Å². The fourth-order valence-corrected chi connectivity index (χ4v) is 3.39. The molecular weight excluding hydrogens is 190 g/mol. The highest BCUT2D eigenvalue weighted by Crippen LogP contribution is 2.45. The van der Waals surface area contributed by atoms with E-state index < -0.39 is 0 Å². The van der Waals surface area contributed by atoms with Crippen molar-refractivity contribution < 1.29 is 4.79 Å². The number of fused-ring (bicyclic) bond motifs is 1. The normalized spacial score (nSPS) is 26.3. The second-order valence-electron chi connectivity index (χ2n) is 2.63. The summed E-state index contributed by atoms with van der Waals surface area (Å²) in [6.07, 6.45) is 4.54. The van der Waals surface area contributed by atoms with Crippen LogP contribution in [-0.4, -0.2) is 21.9 Å². The molecule has 1 amide bonds. The minimum Gasteiger partial charge on any atom is -0.304 e. The van der Waals surface area contributed by atoms with E-state index >= 15 is 0 Å². The number of nitrogens with zero attached hydrogens (tertiary/aromatic N) is 1. The van der Waals surface area contributed by atoms with Gasteiger partial charge < -0.3 is 4.90 Å². The van der Waals surface area contributed by atoms with Crippen molar-refractivity contribution in [2.24, 2.45) is 0 Å². The monoisotopic (exact) mass is 199 g/mol. The van der Waals surface area contributed by atoms with Crippen LogP contribution in [0.5, 0.6) is 0 Å². The average Bonchev–Trinajstić information content (AvgIpc) is 2.39.